The number of thioether (sulfide) groups is 1. The largest absolute Gasteiger partial charge is 0.465 e. The van der Waals surface area contributed by atoms with Gasteiger partial charge in [0.05, 0.1) is 6.61 Å². The van der Waals surface area contributed by atoms with Gasteiger partial charge in [0.15, 0.2) is 0 Å². The average Bonchev–Trinajstić information content (AvgIpc) is 2.51. The van der Waals surface area contributed by atoms with Crippen LogP contribution in [0.2, 0.25) is 0 Å². The standard InChI is InChI=1S/C10H15N3O4S/c1-2-17-9(15)5-3-4-18-8-6(11-5)7(14)12-10(16)13-8/h5-6,8,11H,2-4H2,1H3,(H2,12,13,14,16). The first kappa shape index (κ1) is 13.2. The lowest BCUT2D eigenvalue weighted by molar-refractivity contribution is -0.146. The Labute approximate surface area is 108 Å². The van der Waals surface area contributed by atoms with Crippen molar-refractivity contribution in [1.29, 1.82) is 0 Å². The lowest BCUT2D eigenvalue weighted by Gasteiger charge is -2.30. The molecule has 3 atom stereocenters. The van der Waals surface area contributed by atoms with Crippen molar-refractivity contribution in [3.63, 3.8) is 0 Å². The molecule has 3 unspecified atom stereocenters. The molecular formula is C10H15N3O4S. The quantitative estimate of drug-likeness (QED) is 0.569. The van der Waals surface area contributed by atoms with Gasteiger partial charge in [-0.1, -0.05) is 0 Å². The van der Waals surface area contributed by atoms with E-state index >= 15 is 0 Å². The maximum atomic E-state index is 11.7. The van der Waals surface area contributed by atoms with Gasteiger partial charge in [-0.15, -0.1) is 11.8 Å². The highest BCUT2D eigenvalue weighted by Gasteiger charge is 2.40. The van der Waals surface area contributed by atoms with Gasteiger partial charge in [0, 0.05) is 0 Å². The van der Waals surface area contributed by atoms with E-state index in [0.29, 0.717) is 18.8 Å². The molecule has 100 valence electrons. The Morgan fingerprint density at radius 1 is 1.50 bits per heavy atom. The second-order valence-electron chi connectivity index (χ2n) is 3.99. The number of hydrogen-bond acceptors (Lipinski definition) is 6. The van der Waals surface area contributed by atoms with Crippen LogP contribution < -0.4 is 16.0 Å². The molecule has 2 aliphatic rings. The zero-order valence-electron chi connectivity index (χ0n) is 9.89. The first-order chi connectivity index (χ1) is 8.61. The zero-order chi connectivity index (χ0) is 13.1. The Balaban J connectivity index is 2.07. The van der Waals surface area contributed by atoms with E-state index in [0.717, 1.165) is 0 Å². The highest BCUT2D eigenvalue weighted by atomic mass is 32.2. The minimum atomic E-state index is -0.607. The number of esters is 1. The summed E-state index contributed by atoms with van der Waals surface area (Å²) in [5.74, 6) is -0.0959. The van der Waals surface area contributed by atoms with Crippen LogP contribution in [0.5, 0.6) is 0 Å². The van der Waals surface area contributed by atoms with E-state index < -0.39 is 24.0 Å². The summed E-state index contributed by atoms with van der Waals surface area (Å²) < 4.78 is 4.94. The molecule has 0 aromatic heterocycles. The summed E-state index contributed by atoms with van der Waals surface area (Å²) in [7, 11) is 0. The first-order valence-corrected chi connectivity index (χ1v) is 6.82. The molecule has 2 aliphatic heterocycles. The average molecular weight is 273 g/mol. The Morgan fingerprint density at radius 3 is 3.00 bits per heavy atom. The molecule has 18 heavy (non-hydrogen) atoms. The van der Waals surface area contributed by atoms with Gasteiger partial charge in [-0.2, -0.15) is 0 Å². The van der Waals surface area contributed by atoms with Crippen LogP contribution in [-0.2, 0) is 14.3 Å². The van der Waals surface area contributed by atoms with E-state index in [2.05, 4.69) is 16.0 Å². The van der Waals surface area contributed by atoms with E-state index in [-0.39, 0.29) is 11.3 Å². The first-order valence-electron chi connectivity index (χ1n) is 5.77. The van der Waals surface area contributed by atoms with Gasteiger partial charge in [0.1, 0.15) is 17.5 Å². The second kappa shape index (κ2) is 5.57. The molecule has 0 spiro atoms. The minimum Gasteiger partial charge on any atom is -0.465 e. The summed E-state index contributed by atoms with van der Waals surface area (Å²) in [4.78, 5) is 34.6. The number of imide groups is 1. The lowest BCUT2D eigenvalue weighted by Crippen LogP contribution is -2.65. The normalized spacial score (nSPS) is 31.7. The van der Waals surface area contributed by atoms with Gasteiger partial charge in [0.25, 0.3) is 0 Å². The molecule has 7 nitrogen and oxygen atoms in total. The van der Waals surface area contributed by atoms with Crippen LogP contribution in [0.15, 0.2) is 0 Å². The van der Waals surface area contributed by atoms with Gasteiger partial charge in [-0.05, 0) is 19.1 Å². The maximum absolute atomic E-state index is 11.7. The number of ether oxygens (including phenoxy) is 1. The molecule has 2 fully saturated rings. The smallest absolute Gasteiger partial charge is 0.323 e. The van der Waals surface area contributed by atoms with Crippen molar-refractivity contribution in [2.75, 3.05) is 12.4 Å². The van der Waals surface area contributed by atoms with Gasteiger partial charge >= 0.3 is 12.0 Å². The van der Waals surface area contributed by atoms with E-state index in [9.17, 15) is 14.4 Å². The molecule has 2 saturated heterocycles. The van der Waals surface area contributed by atoms with E-state index in [1.165, 1.54) is 11.8 Å². The molecule has 0 aromatic carbocycles. The fourth-order valence-electron chi connectivity index (χ4n) is 1.92. The van der Waals surface area contributed by atoms with E-state index in [1.54, 1.807) is 6.92 Å². The minimum absolute atomic E-state index is 0.307. The number of hydrogen-bond donors (Lipinski definition) is 3. The van der Waals surface area contributed by atoms with Gasteiger partial charge in [0.2, 0.25) is 5.91 Å². The molecule has 8 heteroatoms. The Morgan fingerprint density at radius 2 is 2.28 bits per heavy atom. The SMILES string of the molecule is CCOC(=O)C1CCSC2NC(=O)NC(=O)C2N1. The van der Waals surface area contributed by atoms with Crippen molar-refractivity contribution >= 4 is 29.7 Å². The summed E-state index contributed by atoms with van der Waals surface area (Å²) in [6, 6.07) is -1.61. The number of nitrogens with one attached hydrogen (secondary N) is 3. The molecule has 0 bridgehead atoms. The predicted octanol–water partition coefficient (Wildman–Crippen LogP) is -0.821. The highest BCUT2D eigenvalue weighted by molar-refractivity contribution is 8.00. The van der Waals surface area contributed by atoms with E-state index in [1.807, 2.05) is 0 Å². The van der Waals surface area contributed by atoms with Crippen molar-refractivity contribution < 1.29 is 19.1 Å². The molecule has 0 aliphatic carbocycles. The molecule has 2 heterocycles. The number of rotatable bonds is 2. The number of fused-ring (bicyclic) bond motifs is 1. The van der Waals surface area contributed by atoms with Crippen LogP contribution in [-0.4, -0.2) is 47.7 Å². The Bertz CT molecular complexity index is 376. The Hall–Kier alpha value is -1.28. The molecule has 0 radical (unpaired) electrons. The number of carbonyl (C=O) groups excluding carboxylic acids is 3. The van der Waals surface area contributed by atoms with Crippen molar-refractivity contribution in [3.05, 3.63) is 0 Å². The van der Waals surface area contributed by atoms with Gasteiger partial charge in [-0.25, -0.2) is 4.79 Å². The van der Waals surface area contributed by atoms with Crippen LogP contribution in [0.4, 0.5) is 4.79 Å². The van der Waals surface area contributed by atoms with Crippen LogP contribution in [0.3, 0.4) is 0 Å². The second-order valence-corrected chi connectivity index (χ2v) is 5.24. The third kappa shape index (κ3) is 2.75. The highest BCUT2D eigenvalue weighted by Crippen LogP contribution is 2.21. The summed E-state index contributed by atoms with van der Waals surface area (Å²) in [6.07, 6.45) is 0.569. The fraction of sp³-hybridized carbons (Fsp3) is 0.700. The topological polar surface area (TPSA) is 96.5 Å². The van der Waals surface area contributed by atoms with Crippen molar-refractivity contribution in [2.24, 2.45) is 0 Å². The molecule has 0 saturated carbocycles. The summed E-state index contributed by atoms with van der Waals surface area (Å²) in [5.41, 5.74) is 0. The Kier molecular flexibility index (Phi) is 4.07. The molecule has 3 amide bonds. The third-order valence-corrected chi connectivity index (χ3v) is 3.97. The summed E-state index contributed by atoms with van der Waals surface area (Å²) in [5, 5.41) is 7.45. The predicted molar refractivity (Wildman–Crippen MR) is 64.9 cm³/mol. The molecule has 3 N–H and O–H groups in total. The molecule has 2 rings (SSSR count). The van der Waals surface area contributed by atoms with Crippen molar-refractivity contribution in [1.82, 2.24) is 16.0 Å². The van der Waals surface area contributed by atoms with E-state index in [4.69, 9.17) is 4.74 Å². The fourth-order valence-corrected chi connectivity index (χ4v) is 3.13. The third-order valence-electron chi connectivity index (χ3n) is 2.75. The molecular weight excluding hydrogens is 258 g/mol. The maximum Gasteiger partial charge on any atom is 0.323 e. The van der Waals surface area contributed by atoms with Crippen molar-refractivity contribution in [3.8, 4) is 0 Å². The number of carbonyl (C=O) groups is 3. The van der Waals surface area contributed by atoms with Crippen LogP contribution >= 0.6 is 11.8 Å². The van der Waals surface area contributed by atoms with Crippen molar-refractivity contribution in [2.45, 2.75) is 30.8 Å². The molecule has 0 aromatic rings. The lowest BCUT2D eigenvalue weighted by atomic mass is 10.1. The summed E-state index contributed by atoms with van der Waals surface area (Å²) in [6.45, 7) is 2.04. The van der Waals surface area contributed by atoms with Gasteiger partial charge in [-0.3, -0.25) is 20.2 Å². The zero-order valence-corrected chi connectivity index (χ0v) is 10.7. The summed E-state index contributed by atoms with van der Waals surface area (Å²) >= 11 is 1.45. The number of amides is 3. The van der Waals surface area contributed by atoms with Crippen LogP contribution in [0.25, 0.3) is 0 Å². The monoisotopic (exact) mass is 273 g/mol. The number of urea groups is 1. The van der Waals surface area contributed by atoms with Crippen LogP contribution in [0.1, 0.15) is 13.3 Å². The van der Waals surface area contributed by atoms with Crippen LogP contribution in [0, 0.1) is 0 Å². The van der Waals surface area contributed by atoms with Gasteiger partial charge < -0.3 is 10.1 Å².